The molecule has 4 heteroatoms. The van der Waals surface area contributed by atoms with Crippen LogP contribution in [0.3, 0.4) is 0 Å². The van der Waals surface area contributed by atoms with Crippen molar-refractivity contribution in [3.8, 4) is 33.9 Å². The van der Waals surface area contributed by atoms with Crippen LogP contribution in [0.4, 0.5) is 0 Å². The van der Waals surface area contributed by atoms with Crippen molar-refractivity contribution in [1.82, 2.24) is 15.2 Å². The van der Waals surface area contributed by atoms with Gasteiger partial charge in [0.25, 0.3) is 0 Å². The van der Waals surface area contributed by atoms with Gasteiger partial charge in [-0.05, 0) is 11.1 Å². The van der Waals surface area contributed by atoms with Crippen LogP contribution in [0, 0.1) is 0 Å². The van der Waals surface area contributed by atoms with Crippen molar-refractivity contribution >= 4 is 6.29 Å². The first-order valence-corrected chi connectivity index (χ1v) is 7.98. The summed E-state index contributed by atoms with van der Waals surface area (Å²) < 4.78 is 0. The van der Waals surface area contributed by atoms with Crippen molar-refractivity contribution in [2.24, 2.45) is 0 Å². The maximum absolute atomic E-state index is 11.2. The normalized spacial score (nSPS) is 10.6. The lowest BCUT2D eigenvalue weighted by Gasteiger charge is -2.02. The van der Waals surface area contributed by atoms with Crippen LogP contribution in [0.25, 0.3) is 33.9 Å². The van der Waals surface area contributed by atoms with Gasteiger partial charge in [-0.15, -0.1) is 0 Å². The number of hydrogen-bond acceptors (Lipinski definition) is 3. The van der Waals surface area contributed by atoms with Crippen LogP contribution < -0.4 is 0 Å². The van der Waals surface area contributed by atoms with Crippen molar-refractivity contribution < 1.29 is 4.79 Å². The number of aldehydes is 1. The SMILES string of the molecule is O=Cc1ccccc1-c1nc(-c2ccc(-c3ccccc3)cc2)n[nH]1. The minimum Gasteiger partial charge on any atom is -0.298 e. The zero-order valence-electron chi connectivity index (χ0n) is 13.4. The lowest BCUT2D eigenvalue weighted by molar-refractivity contribution is 0.112. The molecular weight excluding hydrogens is 310 g/mol. The second-order valence-electron chi connectivity index (χ2n) is 5.66. The van der Waals surface area contributed by atoms with E-state index >= 15 is 0 Å². The Bertz CT molecular complexity index is 1000. The number of nitrogens with zero attached hydrogens (tertiary/aromatic N) is 2. The highest BCUT2D eigenvalue weighted by Crippen LogP contribution is 2.25. The van der Waals surface area contributed by atoms with Crippen LogP contribution in [-0.2, 0) is 0 Å². The van der Waals surface area contributed by atoms with E-state index in [1.165, 1.54) is 5.56 Å². The van der Waals surface area contributed by atoms with Gasteiger partial charge in [0, 0.05) is 16.7 Å². The first kappa shape index (κ1) is 15.0. The van der Waals surface area contributed by atoms with Gasteiger partial charge in [-0.2, -0.15) is 5.10 Å². The average molecular weight is 325 g/mol. The molecule has 0 spiro atoms. The summed E-state index contributed by atoms with van der Waals surface area (Å²) >= 11 is 0. The number of rotatable bonds is 4. The van der Waals surface area contributed by atoms with Crippen LogP contribution >= 0.6 is 0 Å². The summed E-state index contributed by atoms with van der Waals surface area (Å²) in [6.45, 7) is 0. The molecule has 4 nitrogen and oxygen atoms in total. The van der Waals surface area contributed by atoms with Crippen molar-refractivity contribution in [2.45, 2.75) is 0 Å². The Morgan fingerprint density at radius 2 is 1.36 bits per heavy atom. The highest BCUT2D eigenvalue weighted by Gasteiger charge is 2.11. The smallest absolute Gasteiger partial charge is 0.181 e. The molecule has 0 atom stereocenters. The van der Waals surface area contributed by atoms with E-state index in [0.29, 0.717) is 17.2 Å². The Kier molecular flexibility index (Phi) is 3.92. The van der Waals surface area contributed by atoms with Crippen molar-refractivity contribution in [3.05, 3.63) is 84.4 Å². The van der Waals surface area contributed by atoms with Crippen molar-refractivity contribution in [2.75, 3.05) is 0 Å². The second kappa shape index (κ2) is 6.53. The Morgan fingerprint density at radius 1 is 0.720 bits per heavy atom. The molecule has 0 amide bonds. The summed E-state index contributed by atoms with van der Waals surface area (Å²) in [5.74, 6) is 1.19. The third kappa shape index (κ3) is 2.97. The van der Waals surface area contributed by atoms with Gasteiger partial charge in [0.05, 0.1) is 0 Å². The molecule has 4 aromatic rings. The second-order valence-corrected chi connectivity index (χ2v) is 5.66. The number of benzene rings is 3. The van der Waals surface area contributed by atoms with Gasteiger partial charge < -0.3 is 0 Å². The molecule has 1 N–H and O–H groups in total. The molecule has 0 bridgehead atoms. The summed E-state index contributed by atoms with van der Waals surface area (Å²) in [6, 6.07) is 25.6. The lowest BCUT2D eigenvalue weighted by atomic mass is 10.0. The molecule has 0 aliphatic carbocycles. The number of hydrogen-bond donors (Lipinski definition) is 1. The molecule has 0 fully saturated rings. The van der Waals surface area contributed by atoms with Gasteiger partial charge in [0.15, 0.2) is 17.9 Å². The molecule has 25 heavy (non-hydrogen) atoms. The van der Waals surface area contributed by atoms with Crippen LogP contribution in [-0.4, -0.2) is 21.5 Å². The molecule has 1 heterocycles. The standard InChI is InChI=1S/C21H15N3O/c25-14-18-8-4-5-9-19(18)21-22-20(23-24-21)17-12-10-16(11-13-17)15-6-2-1-3-7-15/h1-14H,(H,22,23,24). The van der Waals surface area contributed by atoms with Gasteiger partial charge in [-0.3, -0.25) is 9.89 Å². The first-order valence-electron chi connectivity index (χ1n) is 7.98. The van der Waals surface area contributed by atoms with E-state index in [2.05, 4.69) is 39.4 Å². The summed E-state index contributed by atoms with van der Waals surface area (Å²) in [4.78, 5) is 15.7. The summed E-state index contributed by atoms with van der Waals surface area (Å²) in [7, 11) is 0. The molecule has 1 aromatic heterocycles. The number of nitrogens with one attached hydrogen (secondary N) is 1. The van der Waals surface area contributed by atoms with E-state index in [9.17, 15) is 4.79 Å². The Labute approximate surface area is 145 Å². The minimum atomic E-state index is 0.588. The lowest BCUT2D eigenvalue weighted by Crippen LogP contribution is -1.88. The molecule has 0 aliphatic heterocycles. The highest BCUT2D eigenvalue weighted by atomic mass is 16.1. The number of carbonyl (C=O) groups excluding carboxylic acids is 1. The molecule has 0 unspecified atom stereocenters. The van der Waals surface area contributed by atoms with Crippen LogP contribution in [0.1, 0.15) is 10.4 Å². The number of H-pyrrole nitrogens is 1. The molecule has 3 aromatic carbocycles. The molecule has 0 aliphatic rings. The molecular formula is C21H15N3O. The molecule has 0 saturated carbocycles. The zero-order valence-corrected chi connectivity index (χ0v) is 13.4. The van der Waals surface area contributed by atoms with Crippen LogP contribution in [0.5, 0.6) is 0 Å². The van der Waals surface area contributed by atoms with Crippen LogP contribution in [0.15, 0.2) is 78.9 Å². The topological polar surface area (TPSA) is 58.6 Å². The third-order valence-electron chi connectivity index (χ3n) is 4.08. The van der Waals surface area contributed by atoms with E-state index in [-0.39, 0.29) is 0 Å². The highest BCUT2D eigenvalue weighted by molar-refractivity contribution is 5.85. The Hall–Kier alpha value is -3.53. The van der Waals surface area contributed by atoms with Gasteiger partial charge in [-0.25, -0.2) is 4.98 Å². The maximum atomic E-state index is 11.2. The van der Waals surface area contributed by atoms with Crippen LogP contribution in [0.2, 0.25) is 0 Å². The fourth-order valence-electron chi connectivity index (χ4n) is 2.77. The van der Waals surface area contributed by atoms with Crippen molar-refractivity contribution in [3.63, 3.8) is 0 Å². The zero-order chi connectivity index (χ0) is 17.1. The Balaban J connectivity index is 1.65. The first-order chi connectivity index (χ1) is 12.3. The van der Waals surface area contributed by atoms with Gasteiger partial charge >= 0.3 is 0 Å². The van der Waals surface area contributed by atoms with E-state index in [0.717, 1.165) is 23.0 Å². The molecule has 120 valence electrons. The van der Waals surface area contributed by atoms with E-state index in [4.69, 9.17) is 0 Å². The number of aromatic amines is 1. The monoisotopic (exact) mass is 325 g/mol. The van der Waals surface area contributed by atoms with Gasteiger partial charge in [0.1, 0.15) is 0 Å². The minimum absolute atomic E-state index is 0.588. The average Bonchev–Trinajstić information content (AvgIpc) is 3.19. The maximum Gasteiger partial charge on any atom is 0.181 e. The van der Waals surface area contributed by atoms with E-state index in [1.54, 1.807) is 6.07 Å². The summed E-state index contributed by atoms with van der Waals surface area (Å²) in [5.41, 5.74) is 4.57. The third-order valence-corrected chi connectivity index (χ3v) is 4.08. The predicted molar refractivity (Wildman–Crippen MR) is 98.1 cm³/mol. The fraction of sp³-hybridized carbons (Fsp3) is 0. The predicted octanol–water partition coefficient (Wildman–Crippen LogP) is 4.62. The quantitative estimate of drug-likeness (QED) is 0.557. The van der Waals surface area contributed by atoms with Gasteiger partial charge in [0.2, 0.25) is 0 Å². The molecule has 0 radical (unpaired) electrons. The number of carbonyl (C=O) groups is 1. The van der Waals surface area contributed by atoms with Crippen molar-refractivity contribution in [1.29, 1.82) is 0 Å². The largest absolute Gasteiger partial charge is 0.298 e. The molecule has 4 rings (SSSR count). The fourth-order valence-corrected chi connectivity index (χ4v) is 2.77. The number of aromatic nitrogens is 3. The molecule has 0 saturated heterocycles. The summed E-state index contributed by atoms with van der Waals surface area (Å²) in [5, 5.41) is 7.21. The van der Waals surface area contributed by atoms with Gasteiger partial charge in [-0.1, -0.05) is 78.9 Å². The Morgan fingerprint density at radius 3 is 2.12 bits per heavy atom. The van der Waals surface area contributed by atoms with E-state index < -0.39 is 0 Å². The summed E-state index contributed by atoms with van der Waals surface area (Å²) in [6.07, 6.45) is 0.826. The van der Waals surface area contributed by atoms with E-state index in [1.807, 2.05) is 48.5 Å².